The Bertz CT molecular complexity index is 393. The molecule has 0 unspecified atom stereocenters. The second-order valence-corrected chi connectivity index (χ2v) is 5.06. The zero-order valence-corrected chi connectivity index (χ0v) is 11.2. The Labute approximate surface area is 109 Å². The minimum atomic E-state index is -0.494. The van der Waals surface area contributed by atoms with Crippen LogP contribution in [0.2, 0.25) is 0 Å². The number of alkyl carbamates (subject to hydrolysis) is 1. The van der Waals surface area contributed by atoms with Crippen molar-refractivity contribution in [3.63, 3.8) is 0 Å². The Balaban J connectivity index is 2.70. The van der Waals surface area contributed by atoms with E-state index in [0.717, 1.165) is 5.56 Å². The van der Waals surface area contributed by atoms with E-state index in [9.17, 15) is 4.79 Å². The molecule has 1 N–H and O–H groups in total. The minimum absolute atomic E-state index is 0.130. The molecule has 0 aliphatic rings. The fourth-order valence-corrected chi connectivity index (χ4v) is 1.52. The first-order valence-corrected chi connectivity index (χ1v) is 5.99. The second kappa shape index (κ2) is 6.24. The van der Waals surface area contributed by atoms with Crippen LogP contribution in [0.3, 0.4) is 0 Å². The summed E-state index contributed by atoms with van der Waals surface area (Å²) in [5.41, 5.74) is 0.495. The summed E-state index contributed by atoms with van der Waals surface area (Å²) in [5.74, 6) is 0. The van der Waals surface area contributed by atoms with Crippen molar-refractivity contribution in [3.8, 4) is 0 Å². The maximum absolute atomic E-state index is 11.7. The molecular weight excluding hydrogens is 226 g/mol. The van der Waals surface area contributed by atoms with Crippen molar-refractivity contribution in [1.82, 2.24) is 5.32 Å². The van der Waals surface area contributed by atoms with Crippen molar-refractivity contribution in [2.24, 2.45) is 0 Å². The van der Waals surface area contributed by atoms with E-state index in [-0.39, 0.29) is 6.04 Å². The predicted molar refractivity (Wildman–Crippen MR) is 72.2 cm³/mol. The summed E-state index contributed by atoms with van der Waals surface area (Å²) in [6.07, 6.45) is 2.00. The molecule has 0 spiro atoms. The number of carbonyl (C=O) groups excluding carboxylic acids is 1. The summed E-state index contributed by atoms with van der Waals surface area (Å²) in [5, 5.41) is 2.84. The van der Waals surface area contributed by atoms with E-state index in [4.69, 9.17) is 4.74 Å². The Hall–Kier alpha value is -1.77. The molecule has 0 saturated heterocycles. The number of hydrogen-bond acceptors (Lipinski definition) is 2. The van der Waals surface area contributed by atoms with Crippen LogP contribution in [0, 0.1) is 6.07 Å². The van der Waals surface area contributed by atoms with Gasteiger partial charge in [-0.25, -0.2) is 4.79 Å². The van der Waals surface area contributed by atoms with Crippen LogP contribution in [0.5, 0.6) is 0 Å². The fourth-order valence-electron chi connectivity index (χ4n) is 1.52. The summed E-state index contributed by atoms with van der Waals surface area (Å²) < 4.78 is 5.24. The number of rotatable bonds is 4. The first-order chi connectivity index (χ1) is 8.42. The highest BCUT2D eigenvalue weighted by Crippen LogP contribution is 2.17. The number of amides is 1. The summed E-state index contributed by atoms with van der Waals surface area (Å²) in [4.78, 5) is 11.7. The lowest BCUT2D eigenvalue weighted by atomic mass is 10.0. The van der Waals surface area contributed by atoms with Crippen molar-refractivity contribution in [2.75, 3.05) is 0 Å². The highest BCUT2D eigenvalue weighted by atomic mass is 16.6. The van der Waals surface area contributed by atoms with Gasteiger partial charge in [0.1, 0.15) is 5.60 Å². The fraction of sp³-hybridized carbons (Fsp3) is 0.400. The molecule has 18 heavy (non-hydrogen) atoms. The van der Waals surface area contributed by atoms with Crippen LogP contribution in [0.1, 0.15) is 38.8 Å². The van der Waals surface area contributed by atoms with E-state index in [0.29, 0.717) is 6.42 Å². The number of hydrogen-bond donors (Lipinski definition) is 1. The third kappa shape index (κ3) is 5.04. The van der Waals surface area contributed by atoms with Gasteiger partial charge in [0.2, 0.25) is 0 Å². The van der Waals surface area contributed by atoms with Gasteiger partial charge in [0, 0.05) is 0 Å². The molecule has 3 heteroatoms. The van der Waals surface area contributed by atoms with Gasteiger partial charge in [-0.05, 0) is 44.9 Å². The van der Waals surface area contributed by atoms with Crippen LogP contribution >= 0.6 is 0 Å². The van der Waals surface area contributed by atoms with Crippen molar-refractivity contribution >= 4 is 6.09 Å². The zero-order chi connectivity index (χ0) is 13.6. The van der Waals surface area contributed by atoms with Crippen molar-refractivity contribution in [2.45, 2.75) is 38.8 Å². The molecule has 0 heterocycles. The maximum Gasteiger partial charge on any atom is 0.408 e. The average molecular weight is 246 g/mol. The number of ether oxygens (including phenoxy) is 1. The largest absolute Gasteiger partial charge is 0.444 e. The van der Waals surface area contributed by atoms with Crippen LogP contribution in [0.15, 0.2) is 36.9 Å². The Kier molecular flexibility index (Phi) is 4.95. The third-order valence-electron chi connectivity index (χ3n) is 2.23. The Morgan fingerprint density at radius 2 is 2.33 bits per heavy atom. The second-order valence-electron chi connectivity index (χ2n) is 5.06. The highest BCUT2D eigenvalue weighted by molar-refractivity contribution is 5.68. The van der Waals surface area contributed by atoms with Gasteiger partial charge < -0.3 is 10.1 Å². The smallest absolute Gasteiger partial charge is 0.408 e. The summed E-state index contributed by atoms with van der Waals surface area (Å²) >= 11 is 0. The molecule has 0 aliphatic heterocycles. The van der Waals surface area contributed by atoms with E-state index in [1.165, 1.54) is 0 Å². The standard InChI is InChI=1S/C15H20NO2/c1-5-9-13(12-10-7-6-8-11-12)16-14(17)18-15(2,3)4/h5-7,10-11,13H,1,9H2,2-4H3,(H,16,17)/t13-/m0/s1. The zero-order valence-electron chi connectivity index (χ0n) is 11.2. The molecule has 3 nitrogen and oxygen atoms in total. The predicted octanol–water partition coefficient (Wildman–Crippen LogP) is 3.63. The number of benzene rings is 1. The molecule has 1 aromatic rings. The minimum Gasteiger partial charge on any atom is -0.444 e. The SMILES string of the molecule is C=CC[C@H](NC(=O)OC(C)(C)C)c1c[c]ccc1. The molecule has 1 radical (unpaired) electrons. The molecule has 0 fully saturated rings. The van der Waals surface area contributed by atoms with Gasteiger partial charge in [-0.1, -0.05) is 24.3 Å². The van der Waals surface area contributed by atoms with Gasteiger partial charge >= 0.3 is 6.09 Å². The van der Waals surface area contributed by atoms with E-state index in [1.807, 2.05) is 45.0 Å². The van der Waals surface area contributed by atoms with Gasteiger partial charge in [-0.2, -0.15) is 0 Å². The lowest BCUT2D eigenvalue weighted by Gasteiger charge is -2.23. The van der Waals surface area contributed by atoms with Crippen LogP contribution in [0.4, 0.5) is 4.79 Å². The molecule has 1 rings (SSSR count). The molecule has 0 bridgehead atoms. The van der Waals surface area contributed by atoms with Gasteiger partial charge in [0.25, 0.3) is 0 Å². The van der Waals surface area contributed by atoms with E-state index in [1.54, 1.807) is 6.08 Å². The van der Waals surface area contributed by atoms with Crippen molar-refractivity contribution in [1.29, 1.82) is 0 Å². The normalized spacial score (nSPS) is 12.6. The molecule has 0 aromatic heterocycles. The number of nitrogens with one attached hydrogen (secondary N) is 1. The van der Waals surface area contributed by atoms with E-state index in [2.05, 4.69) is 18.0 Å². The highest BCUT2D eigenvalue weighted by Gasteiger charge is 2.19. The first kappa shape index (κ1) is 14.3. The molecular formula is C15H20NO2. The van der Waals surface area contributed by atoms with Crippen LogP contribution in [-0.2, 0) is 4.74 Å². The monoisotopic (exact) mass is 246 g/mol. The molecule has 1 amide bonds. The van der Waals surface area contributed by atoms with Gasteiger partial charge in [0.15, 0.2) is 0 Å². The van der Waals surface area contributed by atoms with E-state index >= 15 is 0 Å². The van der Waals surface area contributed by atoms with Crippen molar-refractivity contribution < 1.29 is 9.53 Å². The van der Waals surface area contributed by atoms with Crippen LogP contribution < -0.4 is 5.32 Å². The molecule has 1 aromatic carbocycles. The first-order valence-electron chi connectivity index (χ1n) is 5.99. The van der Waals surface area contributed by atoms with Crippen molar-refractivity contribution in [3.05, 3.63) is 48.6 Å². The third-order valence-corrected chi connectivity index (χ3v) is 2.23. The van der Waals surface area contributed by atoms with Gasteiger partial charge in [-0.15, -0.1) is 6.58 Å². The van der Waals surface area contributed by atoms with Crippen LogP contribution in [0.25, 0.3) is 0 Å². The molecule has 0 saturated carbocycles. The van der Waals surface area contributed by atoms with Gasteiger partial charge in [0.05, 0.1) is 6.04 Å². The van der Waals surface area contributed by atoms with Gasteiger partial charge in [-0.3, -0.25) is 0 Å². The average Bonchev–Trinajstić information content (AvgIpc) is 2.27. The van der Waals surface area contributed by atoms with E-state index < -0.39 is 11.7 Å². The Morgan fingerprint density at radius 1 is 1.61 bits per heavy atom. The Morgan fingerprint density at radius 3 is 2.83 bits per heavy atom. The maximum atomic E-state index is 11.7. The number of carbonyl (C=O) groups is 1. The lowest BCUT2D eigenvalue weighted by molar-refractivity contribution is 0.0504. The molecule has 0 aliphatic carbocycles. The summed E-state index contributed by atoms with van der Waals surface area (Å²) in [6, 6.07) is 10.4. The van der Waals surface area contributed by atoms with Crippen LogP contribution in [-0.4, -0.2) is 11.7 Å². The topological polar surface area (TPSA) is 38.3 Å². The quantitative estimate of drug-likeness (QED) is 0.824. The summed E-state index contributed by atoms with van der Waals surface area (Å²) in [7, 11) is 0. The lowest BCUT2D eigenvalue weighted by Crippen LogP contribution is -2.34. The summed E-state index contributed by atoms with van der Waals surface area (Å²) in [6.45, 7) is 9.22. The molecule has 97 valence electrons. The molecule has 1 atom stereocenters.